The number of thiazole rings is 1. The van der Waals surface area contributed by atoms with Crippen molar-refractivity contribution in [3.8, 4) is 0 Å². The number of nitrogens with zero attached hydrogens (tertiary/aromatic N) is 2. The van der Waals surface area contributed by atoms with Crippen molar-refractivity contribution >= 4 is 52.2 Å². The Morgan fingerprint density at radius 2 is 1.65 bits per heavy atom. The molecule has 6 rings (SSSR count). The Morgan fingerprint density at radius 1 is 0.925 bits per heavy atom. The Bertz CT molecular complexity index is 1710. The number of carbonyl (C=O) groups is 3. The molecule has 2 aliphatic heterocycles. The Labute approximate surface area is 237 Å². The molecule has 0 spiro atoms. The maximum absolute atomic E-state index is 13.9. The summed E-state index contributed by atoms with van der Waals surface area (Å²) in [5.74, 6) is -2.99. The predicted molar refractivity (Wildman–Crippen MR) is 153 cm³/mol. The fourth-order valence-electron chi connectivity index (χ4n) is 5.30. The van der Waals surface area contributed by atoms with Crippen LogP contribution >= 0.6 is 23.1 Å². The van der Waals surface area contributed by atoms with E-state index in [1.807, 2.05) is 44.2 Å². The highest BCUT2D eigenvalue weighted by Gasteiger charge is 2.56. The molecule has 10 heteroatoms. The Kier molecular flexibility index (Phi) is 6.67. The van der Waals surface area contributed by atoms with Crippen molar-refractivity contribution in [1.29, 1.82) is 0 Å². The molecule has 3 aromatic carbocycles. The van der Waals surface area contributed by atoms with Gasteiger partial charge in [-0.15, -0.1) is 0 Å². The topological polar surface area (TPSA) is 88.5 Å². The van der Waals surface area contributed by atoms with Crippen molar-refractivity contribution in [3.63, 3.8) is 0 Å². The summed E-state index contributed by atoms with van der Waals surface area (Å²) in [6, 6.07) is 20.3. The van der Waals surface area contributed by atoms with Gasteiger partial charge in [-0.3, -0.25) is 23.7 Å². The maximum Gasteiger partial charge on any atom is 0.308 e. The third-order valence-corrected chi connectivity index (χ3v) is 9.78. The fraction of sp³-hybridized carbons (Fsp3) is 0.200. The third kappa shape index (κ3) is 4.56. The average Bonchev–Trinajstić information content (AvgIpc) is 3.36. The number of amides is 3. The minimum Gasteiger partial charge on any atom is -0.325 e. The Morgan fingerprint density at radius 3 is 2.35 bits per heavy atom. The van der Waals surface area contributed by atoms with Gasteiger partial charge in [-0.1, -0.05) is 65.1 Å². The number of hydrogen-bond acceptors (Lipinski definition) is 6. The van der Waals surface area contributed by atoms with Crippen LogP contribution in [-0.4, -0.2) is 27.5 Å². The smallest absolute Gasteiger partial charge is 0.308 e. The van der Waals surface area contributed by atoms with Gasteiger partial charge in [-0.05, 0) is 61.4 Å². The lowest BCUT2D eigenvalue weighted by Crippen LogP contribution is -2.33. The van der Waals surface area contributed by atoms with Crippen molar-refractivity contribution in [2.75, 3.05) is 10.2 Å². The first kappa shape index (κ1) is 26.2. The molecule has 0 saturated carbocycles. The van der Waals surface area contributed by atoms with Crippen molar-refractivity contribution < 1.29 is 18.8 Å². The van der Waals surface area contributed by atoms with Crippen molar-refractivity contribution in [3.05, 3.63) is 110 Å². The highest BCUT2D eigenvalue weighted by atomic mass is 32.2. The van der Waals surface area contributed by atoms with E-state index >= 15 is 0 Å². The molecule has 3 amide bonds. The number of aryl methyl sites for hydroxylation is 2. The van der Waals surface area contributed by atoms with Gasteiger partial charge >= 0.3 is 4.87 Å². The zero-order chi connectivity index (χ0) is 28.1. The number of fused-ring (bicyclic) bond motifs is 2. The number of thioether (sulfide) groups is 1. The van der Waals surface area contributed by atoms with E-state index in [1.165, 1.54) is 21.6 Å². The van der Waals surface area contributed by atoms with Gasteiger partial charge in [0, 0.05) is 16.5 Å². The molecular weight excluding hydrogens is 549 g/mol. The second-order valence-electron chi connectivity index (χ2n) is 9.98. The van der Waals surface area contributed by atoms with E-state index in [1.54, 1.807) is 30.3 Å². The normalized spacial score (nSPS) is 19.9. The zero-order valence-electron chi connectivity index (χ0n) is 21.6. The van der Waals surface area contributed by atoms with E-state index in [0.29, 0.717) is 26.8 Å². The van der Waals surface area contributed by atoms with Crippen LogP contribution in [0.2, 0.25) is 0 Å². The van der Waals surface area contributed by atoms with Gasteiger partial charge in [0.05, 0.1) is 16.6 Å². The fourth-order valence-corrected chi connectivity index (χ4v) is 8.07. The molecule has 3 heterocycles. The van der Waals surface area contributed by atoms with Crippen LogP contribution in [0.4, 0.5) is 15.8 Å². The number of halogens is 1. The largest absolute Gasteiger partial charge is 0.325 e. The van der Waals surface area contributed by atoms with Gasteiger partial charge in [0.2, 0.25) is 17.7 Å². The summed E-state index contributed by atoms with van der Waals surface area (Å²) in [5, 5.41) is 2.50. The number of hydrogen-bond donors (Lipinski definition) is 1. The van der Waals surface area contributed by atoms with Crippen LogP contribution in [0, 0.1) is 25.6 Å². The molecule has 1 saturated heterocycles. The lowest BCUT2D eigenvalue weighted by atomic mass is 9.83. The molecule has 2 aliphatic rings. The number of carbonyl (C=O) groups excluding carboxylic acids is 3. The number of anilines is 2. The molecule has 3 atom stereocenters. The maximum atomic E-state index is 13.9. The first-order valence-electron chi connectivity index (χ1n) is 12.7. The number of rotatable bonds is 5. The molecule has 202 valence electrons. The van der Waals surface area contributed by atoms with Gasteiger partial charge in [-0.25, -0.2) is 9.29 Å². The first-order chi connectivity index (χ1) is 19.2. The van der Waals surface area contributed by atoms with E-state index < -0.39 is 22.9 Å². The van der Waals surface area contributed by atoms with Crippen molar-refractivity contribution in [1.82, 2.24) is 4.57 Å². The van der Waals surface area contributed by atoms with Crippen LogP contribution in [0.1, 0.15) is 27.5 Å². The number of imide groups is 1. The summed E-state index contributed by atoms with van der Waals surface area (Å²) in [7, 11) is 0. The van der Waals surface area contributed by atoms with Crippen LogP contribution in [0.15, 0.2) is 82.6 Å². The standard InChI is InChI=1S/C30H24FN3O4S2/c1-16-6-12-21(13-7-16)34-27(36)24-23(18-8-10-19(31)11-9-18)26-29(39-25(24)28(34)37)33(30(38)40-26)15-22(35)32-20-5-3-4-17(2)14-20/h3-14,23-25H,15H2,1-2H3,(H,32,35)/t23-,24-,25+/m0/s1. The van der Waals surface area contributed by atoms with E-state index in [2.05, 4.69) is 5.32 Å². The van der Waals surface area contributed by atoms with Gasteiger partial charge in [0.1, 0.15) is 17.6 Å². The quantitative estimate of drug-likeness (QED) is 0.336. The van der Waals surface area contributed by atoms with E-state index in [-0.39, 0.29) is 29.1 Å². The lowest BCUT2D eigenvalue weighted by Gasteiger charge is -2.30. The van der Waals surface area contributed by atoms with E-state index in [4.69, 9.17) is 0 Å². The Balaban J connectivity index is 1.41. The zero-order valence-corrected chi connectivity index (χ0v) is 23.2. The van der Waals surface area contributed by atoms with Gasteiger partial charge in [0.15, 0.2) is 0 Å². The first-order valence-corrected chi connectivity index (χ1v) is 14.4. The van der Waals surface area contributed by atoms with E-state index in [0.717, 1.165) is 34.2 Å². The second kappa shape index (κ2) is 10.2. The summed E-state index contributed by atoms with van der Waals surface area (Å²) >= 11 is 2.10. The minimum absolute atomic E-state index is 0.247. The van der Waals surface area contributed by atoms with Crippen molar-refractivity contribution in [2.45, 2.75) is 36.6 Å². The molecule has 0 bridgehead atoms. The molecule has 40 heavy (non-hydrogen) atoms. The van der Waals surface area contributed by atoms with E-state index in [9.17, 15) is 23.6 Å². The number of nitrogens with one attached hydrogen (secondary N) is 1. The van der Waals surface area contributed by atoms with Crippen molar-refractivity contribution in [2.24, 2.45) is 5.92 Å². The van der Waals surface area contributed by atoms with Gasteiger partial charge < -0.3 is 5.32 Å². The molecule has 4 aromatic rings. The van der Waals surface area contributed by atoms with Crippen LogP contribution < -0.4 is 15.1 Å². The van der Waals surface area contributed by atoms with Crippen LogP contribution in [0.5, 0.6) is 0 Å². The highest BCUT2D eigenvalue weighted by molar-refractivity contribution is 8.00. The Hall–Kier alpha value is -4.02. The highest BCUT2D eigenvalue weighted by Crippen LogP contribution is 2.53. The van der Waals surface area contributed by atoms with Crippen LogP contribution in [-0.2, 0) is 20.9 Å². The van der Waals surface area contributed by atoms with Gasteiger partial charge in [0.25, 0.3) is 0 Å². The average molecular weight is 574 g/mol. The summed E-state index contributed by atoms with van der Waals surface area (Å²) in [5.41, 5.74) is 3.70. The number of benzene rings is 3. The third-order valence-electron chi connectivity index (χ3n) is 7.17. The summed E-state index contributed by atoms with van der Waals surface area (Å²) in [6.45, 7) is 3.59. The molecular formula is C30H24FN3O4S2. The molecule has 1 aromatic heterocycles. The predicted octanol–water partition coefficient (Wildman–Crippen LogP) is 5.10. The summed E-state index contributed by atoms with van der Waals surface area (Å²) < 4.78 is 15.2. The van der Waals surface area contributed by atoms with Crippen LogP contribution in [0.25, 0.3) is 0 Å². The van der Waals surface area contributed by atoms with Gasteiger partial charge in [-0.2, -0.15) is 0 Å². The molecule has 0 aliphatic carbocycles. The minimum atomic E-state index is -0.809. The molecule has 7 nitrogen and oxygen atoms in total. The summed E-state index contributed by atoms with van der Waals surface area (Å²) in [6.07, 6.45) is 0. The summed E-state index contributed by atoms with van der Waals surface area (Å²) in [4.78, 5) is 55.3. The number of aromatic nitrogens is 1. The molecule has 1 N–H and O–H groups in total. The lowest BCUT2D eigenvalue weighted by molar-refractivity contribution is -0.122. The SMILES string of the molecule is Cc1ccc(N2C(=O)[C@H]3[C@H](c4ccc(F)cc4)c4sc(=O)n(CC(=O)Nc5cccc(C)c5)c4S[C@H]3C2=O)cc1. The molecule has 1 fully saturated rings. The molecule has 0 radical (unpaired) electrons. The monoisotopic (exact) mass is 573 g/mol. The second-order valence-corrected chi connectivity index (χ2v) is 12.1. The van der Waals surface area contributed by atoms with Crippen LogP contribution in [0.3, 0.4) is 0 Å². The molecule has 0 unspecified atom stereocenters.